The molecule has 2 unspecified atom stereocenters. The summed E-state index contributed by atoms with van der Waals surface area (Å²) in [7, 11) is 0. The van der Waals surface area contributed by atoms with Gasteiger partial charge >= 0.3 is 6.03 Å². The Hall–Kier alpha value is -1.30. The third-order valence-electron chi connectivity index (χ3n) is 1.77. The van der Waals surface area contributed by atoms with Gasteiger partial charge in [0.1, 0.15) is 11.4 Å². The molecule has 0 spiro atoms. The minimum absolute atomic E-state index is 0.0145. The fraction of sp³-hybridized carbons (Fsp3) is 0.700. The lowest BCUT2D eigenvalue weighted by Crippen LogP contribution is -2.51. The number of nitrogens with one attached hydrogen (secondary N) is 3. The summed E-state index contributed by atoms with van der Waals surface area (Å²) >= 11 is 5.47. The van der Waals surface area contributed by atoms with Gasteiger partial charge in [0.05, 0.1) is 0 Å². The molecular weight excluding hydrogens is 246 g/mol. The third-order valence-corrected chi connectivity index (χ3v) is 1.97. The van der Waals surface area contributed by atoms with Crippen molar-refractivity contribution in [3.63, 3.8) is 0 Å². The van der Waals surface area contributed by atoms with Gasteiger partial charge < -0.3 is 10.6 Å². The van der Waals surface area contributed by atoms with Gasteiger partial charge in [-0.15, -0.1) is 11.6 Å². The van der Waals surface area contributed by atoms with Crippen molar-refractivity contribution in [2.45, 2.75) is 45.2 Å². The summed E-state index contributed by atoms with van der Waals surface area (Å²) in [6.45, 7) is 6.58. The van der Waals surface area contributed by atoms with Gasteiger partial charge in [0.2, 0.25) is 11.8 Å². The number of hydrogen-bond donors (Lipinski definition) is 3. The van der Waals surface area contributed by atoms with Crippen LogP contribution in [0.25, 0.3) is 0 Å². The van der Waals surface area contributed by atoms with Crippen LogP contribution in [0.4, 0.5) is 4.79 Å². The van der Waals surface area contributed by atoms with E-state index in [9.17, 15) is 14.4 Å². The number of halogens is 1. The van der Waals surface area contributed by atoms with Crippen LogP contribution in [-0.4, -0.2) is 35.3 Å². The lowest BCUT2D eigenvalue weighted by atomic mass is 10.3. The highest BCUT2D eigenvalue weighted by molar-refractivity contribution is 6.31. The largest absolute Gasteiger partial charge is 0.352 e. The molecule has 0 aromatic heterocycles. The van der Waals surface area contributed by atoms with Crippen LogP contribution in [-0.2, 0) is 9.59 Å². The Balaban J connectivity index is 4.12. The van der Waals surface area contributed by atoms with Gasteiger partial charge in [-0.25, -0.2) is 4.79 Å². The Morgan fingerprint density at radius 1 is 0.941 bits per heavy atom. The molecule has 0 bridgehead atoms. The van der Waals surface area contributed by atoms with E-state index in [1.54, 1.807) is 0 Å². The van der Waals surface area contributed by atoms with Crippen LogP contribution < -0.4 is 16.0 Å². The highest BCUT2D eigenvalue weighted by Crippen LogP contribution is 1.92. The Morgan fingerprint density at radius 3 is 1.88 bits per heavy atom. The van der Waals surface area contributed by atoms with E-state index in [4.69, 9.17) is 11.6 Å². The van der Waals surface area contributed by atoms with E-state index in [0.29, 0.717) is 0 Å². The van der Waals surface area contributed by atoms with Gasteiger partial charge in [-0.1, -0.05) is 0 Å². The van der Waals surface area contributed by atoms with E-state index >= 15 is 0 Å². The van der Waals surface area contributed by atoms with E-state index in [1.165, 1.54) is 13.8 Å². The molecule has 98 valence electrons. The first-order valence-corrected chi connectivity index (χ1v) is 5.73. The lowest BCUT2D eigenvalue weighted by Gasteiger charge is -2.16. The average molecular weight is 264 g/mol. The van der Waals surface area contributed by atoms with E-state index in [0.717, 1.165) is 0 Å². The molecule has 2 atom stereocenters. The third kappa shape index (κ3) is 6.78. The van der Waals surface area contributed by atoms with Gasteiger partial charge in [0.15, 0.2) is 0 Å². The summed E-state index contributed by atoms with van der Waals surface area (Å²) in [5, 5.41) is 6.17. The Bertz CT molecular complexity index is 305. The maximum atomic E-state index is 11.4. The fourth-order valence-electron chi connectivity index (χ4n) is 0.919. The van der Waals surface area contributed by atoms with Crippen LogP contribution in [0.5, 0.6) is 0 Å². The quantitative estimate of drug-likeness (QED) is 0.640. The first kappa shape index (κ1) is 15.7. The van der Waals surface area contributed by atoms with Crippen molar-refractivity contribution in [1.29, 1.82) is 0 Å². The summed E-state index contributed by atoms with van der Waals surface area (Å²) in [5.41, 5.74) is 0. The molecule has 0 aromatic rings. The molecule has 0 radical (unpaired) electrons. The molecule has 4 amide bonds. The lowest BCUT2D eigenvalue weighted by molar-refractivity contribution is -0.123. The number of alkyl halides is 1. The minimum Gasteiger partial charge on any atom is -0.352 e. The number of amides is 4. The number of carbonyl (C=O) groups is 3. The Kier molecular flexibility index (Phi) is 6.57. The monoisotopic (exact) mass is 263 g/mol. The number of imide groups is 1. The smallest absolute Gasteiger partial charge is 0.322 e. The SMILES string of the molecule is CC(C)NC(=O)C(C)NC(=O)NC(=O)C(C)Cl. The molecule has 3 N–H and O–H groups in total. The summed E-state index contributed by atoms with van der Waals surface area (Å²) in [4.78, 5) is 33.8. The first-order chi connectivity index (χ1) is 7.73. The van der Waals surface area contributed by atoms with Gasteiger partial charge in [-0.2, -0.15) is 0 Å². The summed E-state index contributed by atoms with van der Waals surface area (Å²) in [6, 6.07) is -1.48. The van der Waals surface area contributed by atoms with Crippen LogP contribution in [0.3, 0.4) is 0 Å². The molecule has 0 aliphatic carbocycles. The second kappa shape index (κ2) is 7.11. The summed E-state index contributed by atoms with van der Waals surface area (Å²) in [5.74, 6) is -0.929. The second-order valence-electron chi connectivity index (χ2n) is 3.96. The molecule has 0 saturated carbocycles. The molecule has 0 aliphatic rings. The minimum atomic E-state index is -0.805. The van der Waals surface area contributed by atoms with Gasteiger partial charge in [0.25, 0.3) is 0 Å². The van der Waals surface area contributed by atoms with Crippen molar-refractivity contribution in [3.8, 4) is 0 Å². The van der Waals surface area contributed by atoms with Gasteiger partial charge in [-0.05, 0) is 27.7 Å². The predicted molar refractivity (Wildman–Crippen MR) is 64.7 cm³/mol. The number of rotatable bonds is 4. The highest BCUT2D eigenvalue weighted by Gasteiger charge is 2.18. The molecule has 6 nitrogen and oxygen atoms in total. The van der Waals surface area contributed by atoms with Crippen molar-refractivity contribution >= 4 is 29.4 Å². The summed E-state index contributed by atoms with van der Waals surface area (Å²) in [6.07, 6.45) is 0. The molecular formula is C10H18ClN3O3. The molecule has 0 aliphatic heterocycles. The van der Waals surface area contributed by atoms with Crippen LogP contribution in [0.2, 0.25) is 0 Å². The zero-order chi connectivity index (χ0) is 13.6. The number of hydrogen-bond acceptors (Lipinski definition) is 3. The molecule has 0 rings (SSSR count). The van der Waals surface area contributed by atoms with Gasteiger partial charge in [0, 0.05) is 6.04 Å². The highest BCUT2D eigenvalue weighted by atomic mass is 35.5. The number of carbonyl (C=O) groups excluding carboxylic acids is 3. The van der Waals surface area contributed by atoms with E-state index in [1.807, 2.05) is 19.2 Å². The van der Waals surface area contributed by atoms with Crippen LogP contribution in [0, 0.1) is 0 Å². The zero-order valence-corrected chi connectivity index (χ0v) is 11.1. The van der Waals surface area contributed by atoms with Crippen LogP contribution in [0.1, 0.15) is 27.7 Å². The predicted octanol–water partition coefficient (Wildman–Crippen LogP) is 0.353. The average Bonchev–Trinajstić information content (AvgIpc) is 2.15. The first-order valence-electron chi connectivity index (χ1n) is 5.29. The zero-order valence-electron chi connectivity index (χ0n) is 10.3. The van der Waals surface area contributed by atoms with Crippen molar-refractivity contribution < 1.29 is 14.4 Å². The normalized spacial score (nSPS) is 13.8. The van der Waals surface area contributed by atoms with Crippen LogP contribution in [0.15, 0.2) is 0 Å². The Labute approximate surface area is 105 Å². The molecule has 0 heterocycles. The Morgan fingerprint density at radius 2 is 1.47 bits per heavy atom. The van der Waals surface area contributed by atoms with Crippen molar-refractivity contribution in [3.05, 3.63) is 0 Å². The van der Waals surface area contributed by atoms with E-state index < -0.39 is 23.4 Å². The molecule has 17 heavy (non-hydrogen) atoms. The van der Waals surface area contributed by atoms with Crippen LogP contribution >= 0.6 is 11.6 Å². The maximum Gasteiger partial charge on any atom is 0.322 e. The molecule has 0 aromatic carbocycles. The number of urea groups is 1. The molecule has 0 saturated heterocycles. The summed E-state index contributed by atoms with van der Waals surface area (Å²) < 4.78 is 0. The molecule has 7 heteroatoms. The van der Waals surface area contributed by atoms with Crippen molar-refractivity contribution in [2.75, 3.05) is 0 Å². The van der Waals surface area contributed by atoms with E-state index in [2.05, 4.69) is 10.6 Å². The standard InChI is InChI=1S/C10H18ClN3O3/c1-5(2)12-9(16)7(4)13-10(17)14-8(15)6(3)11/h5-7H,1-4H3,(H,12,16)(H2,13,14,15,17). The molecule has 0 fully saturated rings. The van der Waals surface area contributed by atoms with Crippen molar-refractivity contribution in [1.82, 2.24) is 16.0 Å². The van der Waals surface area contributed by atoms with Crippen molar-refractivity contribution in [2.24, 2.45) is 0 Å². The van der Waals surface area contributed by atoms with Gasteiger partial charge in [-0.3, -0.25) is 14.9 Å². The maximum absolute atomic E-state index is 11.4. The van der Waals surface area contributed by atoms with E-state index in [-0.39, 0.29) is 11.9 Å². The fourth-order valence-corrected chi connectivity index (χ4v) is 0.974. The topological polar surface area (TPSA) is 87.3 Å². The second-order valence-corrected chi connectivity index (χ2v) is 4.62.